The molecule has 1 saturated heterocycles. The van der Waals surface area contributed by atoms with Crippen molar-refractivity contribution in [1.82, 2.24) is 10.2 Å². The summed E-state index contributed by atoms with van der Waals surface area (Å²) in [5, 5.41) is 3.91. The summed E-state index contributed by atoms with van der Waals surface area (Å²) in [6.07, 6.45) is 1.02. The second-order valence-electron chi connectivity index (χ2n) is 4.49. The van der Waals surface area contributed by atoms with Crippen LogP contribution in [0.3, 0.4) is 0 Å². The third kappa shape index (κ3) is 3.16. The van der Waals surface area contributed by atoms with E-state index in [0.29, 0.717) is 11.1 Å². The summed E-state index contributed by atoms with van der Waals surface area (Å²) >= 11 is 5.96. The van der Waals surface area contributed by atoms with Crippen LogP contribution in [0.25, 0.3) is 0 Å². The Morgan fingerprint density at radius 2 is 2.22 bits per heavy atom. The molecule has 1 heterocycles. The SMILES string of the molecule is CNC1CCN(C(=O)c2ccc(Cl)c(C)c2)C1.Cl. The minimum absolute atomic E-state index is 0. The molecule has 1 atom stereocenters. The van der Waals surface area contributed by atoms with E-state index in [4.69, 9.17) is 11.6 Å². The second-order valence-corrected chi connectivity index (χ2v) is 4.90. The molecule has 0 radical (unpaired) electrons. The van der Waals surface area contributed by atoms with Crippen molar-refractivity contribution in [2.24, 2.45) is 0 Å². The molecule has 18 heavy (non-hydrogen) atoms. The number of likely N-dealkylation sites (N-methyl/N-ethyl adjacent to an activating group) is 1. The van der Waals surface area contributed by atoms with Gasteiger partial charge in [-0.3, -0.25) is 4.79 Å². The van der Waals surface area contributed by atoms with E-state index < -0.39 is 0 Å². The van der Waals surface area contributed by atoms with Gasteiger partial charge in [0, 0.05) is 29.7 Å². The molecule has 1 unspecified atom stereocenters. The fraction of sp³-hybridized carbons (Fsp3) is 0.462. The maximum absolute atomic E-state index is 12.2. The zero-order valence-corrected chi connectivity index (χ0v) is 12.1. The average molecular weight is 289 g/mol. The van der Waals surface area contributed by atoms with E-state index in [9.17, 15) is 4.79 Å². The van der Waals surface area contributed by atoms with Crippen molar-refractivity contribution in [3.05, 3.63) is 34.3 Å². The highest BCUT2D eigenvalue weighted by molar-refractivity contribution is 6.31. The third-order valence-electron chi connectivity index (χ3n) is 3.29. The molecule has 5 heteroatoms. The fourth-order valence-electron chi connectivity index (χ4n) is 2.14. The summed E-state index contributed by atoms with van der Waals surface area (Å²) in [4.78, 5) is 14.1. The minimum atomic E-state index is 0. The first kappa shape index (κ1) is 15.3. The maximum Gasteiger partial charge on any atom is 0.253 e. The van der Waals surface area contributed by atoms with Gasteiger partial charge in [-0.25, -0.2) is 0 Å². The Labute approximate surface area is 119 Å². The smallest absolute Gasteiger partial charge is 0.253 e. The average Bonchev–Trinajstić information content (AvgIpc) is 2.80. The second kappa shape index (κ2) is 6.41. The lowest BCUT2D eigenvalue weighted by Gasteiger charge is -2.16. The van der Waals surface area contributed by atoms with Crippen LogP contribution >= 0.6 is 24.0 Å². The molecule has 0 aliphatic carbocycles. The van der Waals surface area contributed by atoms with Crippen LogP contribution in [0.5, 0.6) is 0 Å². The Hall–Kier alpha value is -0.770. The molecular weight excluding hydrogens is 271 g/mol. The first-order valence-electron chi connectivity index (χ1n) is 5.84. The highest BCUT2D eigenvalue weighted by Gasteiger charge is 2.25. The molecule has 1 aromatic carbocycles. The number of rotatable bonds is 2. The molecule has 1 aliphatic heterocycles. The lowest BCUT2D eigenvalue weighted by Crippen LogP contribution is -2.33. The third-order valence-corrected chi connectivity index (χ3v) is 3.71. The lowest BCUT2D eigenvalue weighted by atomic mass is 10.1. The molecule has 100 valence electrons. The van der Waals surface area contributed by atoms with Crippen LogP contribution < -0.4 is 5.32 Å². The van der Waals surface area contributed by atoms with Crippen molar-refractivity contribution in [3.8, 4) is 0 Å². The van der Waals surface area contributed by atoms with E-state index in [-0.39, 0.29) is 18.3 Å². The van der Waals surface area contributed by atoms with E-state index in [1.807, 2.05) is 24.9 Å². The predicted molar refractivity (Wildman–Crippen MR) is 76.8 cm³/mol. The molecule has 0 saturated carbocycles. The highest BCUT2D eigenvalue weighted by Crippen LogP contribution is 2.19. The van der Waals surface area contributed by atoms with Crippen molar-refractivity contribution in [2.45, 2.75) is 19.4 Å². The summed E-state index contributed by atoms with van der Waals surface area (Å²) in [6.45, 7) is 3.53. The molecule has 0 bridgehead atoms. The van der Waals surface area contributed by atoms with Crippen LogP contribution in [0.2, 0.25) is 5.02 Å². The summed E-state index contributed by atoms with van der Waals surface area (Å²) in [6, 6.07) is 5.87. The van der Waals surface area contributed by atoms with Crippen LogP contribution in [0, 0.1) is 6.92 Å². The molecule has 0 aromatic heterocycles. The van der Waals surface area contributed by atoms with Crippen LogP contribution in [0.1, 0.15) is 22.3 Å². The Morgan fingerprint density at radius 1 is 1.50 bits per heavy atom. The number of halogens is 2. The molecule has 1 aromatic rings. The number of nitrogens with zero attached hydrogens (tertiary/aromatic N) is 1. The number of benzene rings is 1. The number of hydrogen-bond acceptors (Lipinski definition) is 2. The van der Waals surface area contributed by atoms with Crippen molar-refractivity contribution in [2.75, 3.05) is 20.1 Å². The maximum atomic E-state index is 12.2. The van der Waals surface area contributed by atoms with Crippen molar-refractivity contribution in [3.63, 3.8) is 0 Å². The van der Waals surface area contributed by atoms with E-state index in [2.05, 4.69) is 5.32 Å². The van der Waals surface area contributed by atoms with Crippen LogP contribution in [0.15, 0.2) is 18.2 Å². The number of nitrogens with one attached hydrogen (secondary N) is 1. The minimum Gasteiger partial charge on any atom is -0.337 e. The van der Waals surface area contributed by atoms with Crippen molar-refractivity contribution < 1.29 is 4.79 Å². The topological polar surface area (TPSA) is 32.3 Å². The standard InChI is InChI=1S/C13H17ClN2O.ClH/c1-9-7-10(3-4-12(9)14)13(17)16-6-5-11(8-16)15-2;/h3-4,7,11,15H,5-6,8H2,1-2H3;1H. The zero-order chi connectivity index (χ0) is 12.4. The van der Waals surface area contributed by atoms with E-state index in [0.717, 1.165) is 30.6 Å². The Morgan fingerprint density at radius 3 is 2.78 bits per heavy atom. The number of likely N-dealkylation sites (tertiary alicyclic amines) is 1. The predicted octanol–water partition coefficient (Wildman–Crippen LogP) is 2.50. The number of carbonyl (C=O) groups excluding carboxylic acids is 1. The Balaban J connectivity index is 0.00000162. The van der Waals surface area contributed by atoms with Gasteiger partial charge in [0.05, 0.1) is 0 Å². The van der Waals surface area contributed by atoms with E-state index in [1.165, 1.54) is 0 Å². The summed E-state index contributed by atoms with van der Waals surface area (Å²) in [5.41, 5.74) is 1.67. The molecule has 1 fully saturated rings. The Bertz CT molecular complexity index is 437. The molecule has 1 amide bonds. The van der Waals surface area contributed by atoms with Gasteiger partial charge < -0.3 is 10.2 Å². The number of carbonyl (C=O) groups is 1. The van der Waals surface area contributed by atoms with Crippen molar-refractivity contribution >= 4 is 29.9 Å². The van der Waals surface area contributed by atoms with Crippen LogP contribution in [-0.4, -0.2) is 37.0 Å². The van der Waals surface area contributed by atoms with Crippen LogP contribution in [-0.2, 0) is 0 Å². The summed E-state index contributed by atoms with van der Waals surface area (Å²) < 4.78 is 0. The fourth-order valence-corrected chi connectivity index (χ4v) is 2.26. The van der Waals surface area contributed by atoms with E-state index >= 15 is 0 Å². The first-order chi connectivity index (χ1) is 8.11. The van der Waals surface area contributed by atoms with Gasteiger partial charge in [0.2, 0.25) is 0 Å². The van der Waals surface area contributed by atoms with E-state index in [1.54, 1.807) is 12.1 Å². The number of aryl methyl sites for hydroxylation is 1. The molecule has 0 spiro atoms. The molecule has 1 aliphatic rings. The monoisotopic (exact) mass is 288 g/mol. The summed E-state index contributed by atoms with van der Waals surface area (Å²) in [7, 11) is 1.94. The highest BCUT2D eigenvalue weighted by atomic mass is 35.5. The molecule has 3 nitrogen and oxygen atoms in total. The lowest BCUT2D eigenvalue weighted by molar-refractivity contribution is 0.0789. The first-order valence-corrected chi connectivity index (χ1v) is 6.22. The zero-order valence-electron chi connectivity index (χ0n) is 10.6. The molecular formula is C13H18Cl2N2O. The molecule has 2 rings (SSSR count). The van der Waals surface area contributed by atoms with Gasteiger partial charge in [0.25, 0.3) is 5.91 Å². The number of hydrogen-bond donors (Lipinski definition) is 1. The van der Waals surface area contributed by atoms with Gasteiger partial charge in [-0.05, 0) is 44.2 Å². The summed E-state index contributed by atoms with van der Waals surface area (Å²) in [5.74, 6) is 0.0996. The van der Waals surface area contributed by atoms with Crippen LogP contribution in [0.4, 0.5) is 0 Å². The molecule has 1 N–H and O–H groups in total. The van der Waals surface area contributed by atoms with Gasteiger partial charge in [0.1, 0.15) is 0 Å². The largest absolute Gasteiger partial charge is 0.337 e. The van der Waals surface area contributed by atoms with Gasteiger partial charge in [-0.1, -0.05) is 11.6 Å². The van der Waals surface area contributed by atoms with Gasteiger partial charge >= 0.3 is 0 Å². The Kier molecular flexibility index (Phi) is 5.45. The number of amides is 1. The van der Waals surface area contributed by atoms with Gasteiger partial charge in [-0.2, -0.15) is 0 Å². The van der Waals surface area contributed by atoms with Crippen molar-refractivity contribution in [1.29, 1.82) is 0 Å². The quantitative estimate of drug-likeness (QED) is 0.907. The normalized spacial score (nSPS) is 18.6. The van der Waals surface area contributed by atoms with Gasteiger partial charge in [0.15, 0.2) is 0 Å². The van der Waals surface area contributed by atoms with Gasteiger partial charge in [-0.15, -0.1) is 12.4 Å².